The molecule has 7 heteroatoms. The minimum absolute atomic E-state index is 0.152. The van der Waals surface area contributed by atoms with Gasteiger partial charge in [0, 0.05) is 7.05 Å². The lowest BCUT2D eigenvalue weighted by molar-refractivity contribution is -0.117. The normalized spacial score (nSPS) is 33.7. The molecule has 4 rings (SSSR count). The van der Waals surface area contributed by atoms with E-state index >= 15 is 0 Å². The van der Waals surface area contributed by atoms with Crippen molar-refractivity contribution < 1.29 is 22.3 Å². The molecule has 0 aromatic carbocycles. The van der Waals surface area contributed by atoms with E-state index in [9.17, 15) is 17.6 Å². The lowest BCUT2D eigenvalue weighted by Gasteiger charge is -2.23. The number of allylic oxidation sites excluding steroid dienone is 3. The lowest BCUT2D eigenvalue weighted by atomic mass is 9.92. The van der Waals surface area contributed by atoms with Crippen LogP contribution < -0.4 is 5.32 Å². The number of carbonyl (C=O) groups is 1. The number of hydrogen-bond donors (Lipinski definition) is 1. The van der Waals surface area contributed by atoms with E-state index in [1.54, 1.807) is 0 Å². The number of nitrogens with one attached hydrogen (secondary N) is 1. The molecular formula is C18H22FNO4S. The van der Waals surface area contributed by atoms with Gasteiger partial charge in [-0.2, -0.15) is 8.42 Å². The molecule has 25 heavy (non-hydrogen) atoms. The molecule has 0 aromatic heterocycles. The molecule has 1 amide bonds. The molecule has 5 nitrogen and oxygen atoms in total. The van der Waals surface area contributed by atoms with E-state index in [1.807, 2.05) is 0 Å². The van der Waals surface area contributed by atoms with Gasteiger partial charge in [0.15, 0.2) is 11.0 Å². The Kier molecular flexibility index (Phi) is 4.22. The summed E-state index contributed by atoms with van der Waals surface area (Å²) in [6.45, 7) is 0.442. The molecule has 4 atom stereocenters. The fourth-order valence-corrected chi connectivity index (χ4v) is 5.06. The van der Waals surface area contributed by atoms with Crippen molar-refractivity contribution in [1.29, 1.82) is 0 Å². The first-order valence-corrected chi connectivity index (χ1v) is 10.0. The molecule has 3 saturated carbocycles. The number of amides is 1. The molecule has 3 fully saturated rings. The fourth-order valence-electron chi connectivity index (χ4n) is 4.44. The van der Waals surface area contributed by atoms with Crippen LogP contribution in [0.5, 0.6) is 0 Å². The Labute approximate surface area is 147 Å². The second kappa shape index (κ2) is 6.27. The molecule has 0 saturated heterocycles. The number of fused-ring (bicyclic) bond motifs is 1. The van der Waals surface area contributed by atoms with Gasteiger partial charge >= 0.3 is 0 Å². The third kappa shape index (κ3) is 2.92. The monoisotopic (exact) mass is 367 g/mol. The first kappa shape index (κ1) is 16.8. The van der Waals surface area contributed by atoms with Crippen molar-refractivity contribution in [3.63, 3.8) is 0 Å². The summed E-state index contributed by atoms with van der Waals surface area (Å²) in [6.07, 6.45) is 5.02. The van der Waals surface area contributed by atoms with Gasteiger partial charge in [-0.15, -0.1) is 0 Å². The van der Waals surface area contributed by atoms with Gasteiger partial charge in [-0.3, -0.25) is 4.79 Å². The standard InChI is InChI=1S/C18H22FNO4S/c1-20-18(21)13-7-12(9-5-6-9)16(17(15(13)19)25(22)23)24-8-14-10-3-2-4-11(10)14/h7,9-11,14-15H,2-6,8H2,1H3,(H,20,21)/t10-,11+,14?,15?. The highest BCUT2D eigenvalue weighted by Gasteiger charge is 2.53. The zero-order valence-electron chi connectivity index (χ0n) is 14.1. The van der Waals surface area contributed by atoms with Crippen molar-refractivity contribution in [1.82, 2.24) is 5.32 Å². The second-order valence-corrected chi connectivity index (χ2v) is 8.34. The predicted molar refractivity (Wildman–Crippen MR) is 91.0 cm³/mol. The number of rotatable bonds is 5. The van der Waals surface area contributed by atoms with Crippen molar-refractivity contribution in [2.45, 2.75) is 38.3 Å². The number of likely N-dealkylation sites (N-methyl/N-ethyl adjacent to an activating group) is 1. The van der Waals surface area contributed by atoms with E-state index in [0.717, 1.165) is 12.8 Å². The number of ether oxygens (including phenoxy) is 1. The van der Waals surface area contributed by atoms with Gasteiger partial charge in [0.2, 0.25) is 16.2 Å². The molecule has 0 aliphatic heterocycles. The number of hydrogen-bond acceptors (Lipinski definition) is 4. The minimum atomic E-state index is -2.77. The average molecular weight is 367 g/mol. The molecule has 0 bridgehead atoms. The lowest BCUT2D eigenvalue weighted by Crippen LogP contribution is -2.35. The van der Waals surface area contributed by atoms with E-state index in [2.05, 4.69) is 5.32 Å². The van der Waals surface area contributed by atoms with Crippen molar-refractivity contribution in [3.8, 4) is 0 Å². The van der Waals surface area contributed by atoms with Crippen LogP contribution in [0.25, 0.3) is 0 Å². The number of carbonyl (C=O) groups excluding carboxylic acids is 1. The topological polar surface area (TPSA) is 72.5 Å². The Bertz CT molecular complexity index is 791. The molecule has 0 aromatic rings. The van der Waals surface area contributed by atoms with Gasteiger partial charge in [0.05, 0.1) is 12.2 Å². The van der Waals surface area contributed by atoms with Crippen LogP contribution in [0.2, 0.25) is 0 Å². The summed E-state index contributed by atoms with van der Waals surface area (Å²) in [5.74, 6) is 1.55. The summed E-state index contributed by atoms with van der Waals surface area (Å²) in [7, 11) is -1.37. The van der Waals surface area contributed by atoms with E-state index in [1.165, 1.54) is 32.4 Å². The molecule has 0 spiro atoms. The smallest absolute Gasteiger partial charge is 0.250 e. The molecule has 2 unspecified atom stereocenters. The van der Waals surface area contributed by atoms with Crippen LogP contribution in [-0.2, 0) is 19.8 Å². The maximum Gasteiger partial charge on any atom is 0.250 e. The van der Waals surface area contributed by atoms with E-state index in [4.69, 9.17) is 4.74 Å². The van der Waals surface area contributed by atoms with Gasteiger partial charge in [-0.05, 0) is 61.0 Å². The molecule has 4 aliphatic rings. The fraction of sp³-hybridized carbons (Fsp3) is 0.667. The van der Waals surface area contributed by atoms with Crippen LogP contribution in [-0.4, -0.2) is 39.0 Å². The van der Waals surface area contributed by atoms with Crippen molar-refractivity contribution in [2.75, 3.05) is 13.7 Å². The van der Waals surface area contributed by atoms with Crippen LogP contribution in [0.4, 0.5) is 4.39 Å². The van der Waals surface area contributed by atoms with Crippen LogP contribution in [0.1, 0.15) is 32.1 Å². The van der Waals surface area contributed by atoms with Crippen LogP contribution >= 0.6 is 0 Å². The number of alkyl halides is 1. The first-order valence-electron chi connectivity index (χ1n) is 8.94. The maximum atomic E-state index is 14.8. The third-order valence-corrected chi connectivity index (χ3v) is 6.74. The molecule has 0 radical (unpaired) electrons. The maximum absolute atomic E-state index is 14.8. The largest absolute Gasteiger partial charge is 0.492 e. The van der Waals surface area contributed by atoms with Crippen LogP contribution in [0.3, 0.4) is 0 Å². The second-order valence-electron chi connectivity index (χ2n) is 7.43. The van der Waals surface area contributed by atoms with Gasteiger partial charge in [-0.25, -0.2) is 4.39 Å². The van der Waals surface area contributed by atoms with Crippen molar-refractivity contribution >= 4 is 21.1 Å². The van der Waals surface area contributed by atoms with Crippen molar-refractivity contribution in [2.24, 2.45) is 23.7 Å². The summed E-state index contributed by atoms with van der Waals surface area (Å²) in [5, 5.41) is 2.38. The molecule has 0 heterocycles. The summed E-state index contributed by atoms with van der Waals surface area (Å²) in [5.41, 5.74) is 0.511. The van der Waals surface area contributed by atoms with Crippen LogP contribution in [0, 0.1) is 23.7 Å². The van der Waals surface area contributed by atoms with E-state index in [0.29, 0.717) is 29.9 Å². The van der Waals surface area contributed by atoms with Crippen LogP contribution in [0.15, 0.2) is 23.0 Å². The quantitative estimate of drug-likeness (QED) is 0.752. The predicted octanol–water partition coefficient (Wildman–Crippen LogP) is 1.79. The van der Waals surface area contributed by atoms with E-state index < -0.39 is 27.2 Å². The Morgan fingerprint density at radius 1 is 1.28 bits per heavy atom. The molecule has 4 aliphatic carbocycles. The Morgan fingerprint density at radius 3 is 2.52 bits per heavy atom. The number of halogens is 1. The highest BCUT2D eigenvalue weighted by molar-refractivity contribution is 7.73. The molecule has 1 N–H and O–H groups in total. The zero-order chi connectivity index (χ0) is 17.7. The van der Waals surface area contributed by atoms with Gasteiger partial charge in [0.1, 0.15) is 5.76 Å². The summed E-state index contributed by atoms with van der Waals surface area (Å²) in [6, 6.07) is 0. The Balaban J connectivity index is 1.66. The first-order chi connectivity index (χ1) is 12.0. The Hall–Kier alpha value is -1.63. The van der Waals surface area contributed by atoms with Gasteiger partial charge < -0.3 is 10.1 Å². The van der Waals surface area contributed by atoms with Gasteiger partial charge in [-0.1, -0.05) is 6.42 Å². The van der Waals surface area contributed by atoms with E-state index in [-0.39, 0.29) is 17.3 Å². The highest BCUT2D eigenvalue weighted by Crippen LogP contribution is 2.57. The Morgan fingerprint density at radius 2 is 1.96 bits per heavy atom. The average Bonchev–Trinajstić information content (AvgIpc) is 3.49. The zero-order valence-corrected chi connectivity index (χ0v) is 14.9. The highest BCUT2D eigenvalue weighted by atomic mass is 32.2. The summed E-state index contributed by atoms with van der Waals surface area (Å²) < 4.78 is 44.2. The molecular weight excluding hydrogens is 345 g/mol. The minimum Gasteiger partial charge on any atom is -0.492 e. The summed E-state index contributed by atoms with van der Waals surface area (Å²) in [4.78, 5) is 11.5. The SMILES string of the molecule is CNC(=O)C1=CC(C2CC2)=C(OCC2[C@H]3CCC[C@@H]23)C(=S(=O)=O)C1F. The van der Waals surface area contributed by atoms with Crippen molar-refractivity contribution in [3.05, 3.63) is 23.0 Å². The van der Waals surface area contributed by atoms with Gasteiger partial charge in [0.25, 0.3) is 0 Å². The summed E-state index contributed by atoms with van der Waals surface area (Å²) >= 11 is 0. The third-order valence-electron chi connectivity index (χ3n) is 5.99. The molecule has 136 valence electrons.